The molecular formula is C63H90N12O27+2. The molecule has 0 aromatic heterocycles. The summed E-state index contributed by atoms with van der Waals surface area (Å²) in [6.07, 6.45) is -31.6. The van der Waals surface area contributed by atoms with Crippen LogP contribution < -0.4 is 77.4 Å². The van der Waals surface area contributed by atoms with Gasteiger partial charge in [-0.3, -0.25) is 51.3 Å². The lowest BCUT2D eigenvalue weighted by Gasteiger charge is -2.46. The maximum absolute atomic E-state index is 15.2. The minimum absolute atomic E-state index is 0.0728. The van der Waals surface area contributed by atoms with Gasteiger partial charge in [0.05, 0.1) is 40.1 Å². The first-order valence-electron chi connectivity index (χ1n) is 32.7. The zero-order valence-electron chi connectivity index (χ0n) is 55.3. The van der Waals surface area contributed by atoms with E-state index in [0.717, 1.165) is 4.58 Å². The lowest BCUT2D eigenvalue weighted by atomic mass is 9.92. The van der Waals surface area contributed by atoms with E-state index in [0.29, 0.717) is 23.7 Å². The highest BCUT2D eigenvalue weighted by Crippen LogP contribution is 2.35. The summed E-state index contributed by atoms with van der Waals surface area (Å²) in [5, 5.41) is 184. The molecule has 6 aliphatic heterocycles. The van der Waals surface area contributed by atoms with Gasteiger partial charge >= 0.3 is 17.8 Å². The lowest BCUT2D eigenvalue weighted by molar-refractivity contribution is -0.663. The van der Waals surface area contributed by atoms with Crippen LogP contribution in [0.1, 0.15) is 30.9 Å². The van der Waals surface area contributed by atoms with Crippen molar-refractivity contribution in [2.24, 2.45) is 16.5 Å². The summed E-state index contributed by atoms with van der Waals surface area (Å²) in [5.74, 6) is -7.56. The van der Waals surface area contributed by atoms with E-state index in [9.17, 15) is 86.2 Å². The number of nitrogens with one attached hydrogen (secondary N) is 8. The summed E-state index contributed by atoms with van der Waals surface area (Å²) < 4.78 is 47.0. The van der Waals surface area contributed by atoms with Crippen LogP contribution in [0.4, 0.5) is 0 Å². The Balaban J connectivity index is 0.988. The number of hydrogen-bond acceptors (Lipinski definition) is 31. The zero-order valence-corrected chi connectivity index (χ0v) is 55.3. The molecule has 39 nitrogen and oxygen atoms in total. The number of aliphatic hydroxyl groups excluding tert-OH is 14. The summed E-state index contributed by atoms with van der Waals surface area (Å²) >= 11 is 0. The molecule has 4 amide bonds. The minimum Gasteiger partial charge on any atom is -0.858 e. The number of amides is 4. The fraction of sp³-hybridized carbons (Fsp3) is 0.587. The van der Waals surface area contributed by atoms with Gasteiger partial charge in [0.25, 0.3) is 0 Å². The van der Waals surface area contributed by atoms with Crippen molar-refractivity contribution in [1.82, 2.24) is 31.9 Å². The summed E-state index contributed by atoms with van der Waals surface area (Å²) in [6, 6.07) is 5.68. The van der Waals surface area contributed by atoms with E-state index < -0.39 is 234 Å². The molecule has 26 N–H and O–H groups in total. The predicted octanol–water partition coefficient (Wildman–Crippen LogP) is -15.2. The van der Waals surface area contributed by atoms with Gasteiger partial charge in [-0.2, -0.15) is 0 Å². The Morgan fingerprint density at radius 1 is 0.667 bits per heavy atom. The number of benzene rings is 3. The van der Waals surface area contributed by atoms with Crippen molar-refractivity contribution in [2.75, 3.05) is 59.8 Å². The fourth-order valence-electron chi connectivity index (χ4n) is 12.5. The number of carbonyl (C=O) groups excluding carboxylic acids is 4. The van der Waals surface area contributed by atoms with Gasteiger partial charge in [-0.15, -0.1) is 0 Å². The highest BCUT2D eigenvalue weighted by molar-refractivity contribution is 5.97. The molecule has 25 atom stereocenters. The van der Waals surface area contributed by atoms with Crippen LogP contribution in [0.15, 0.2) is 77.8 Å². The molecule has 562 valence electrons. The van der Waals surface area contributed by atoms with Crippen molar-refractivity contribution in [3.8, 4) is 23.0 Å². The maximum atomic E-state index is 15.2. The quantitative estimate of drug-likeness (QED) is 0.0415. The molecule has 9 rings (SSSR count). The van der Waals surface area contributed by atoms with Crippen LogP contribution in [-0.2, 0) is 44.5 Å². The number of nitrogens with zero attached hydrogens (tertiary/aromatic N) is 2. The molecule has 39 heteroatoms. The van der Waals surface area contributed by atoms with Crippen LogP contribution in [0.5, 0.6) is 23.0 Å². The van der Waals surface area contributed by atoms with Crippen molar-refractivity contribution in [2.45, 2.75) is 173 Å². The largest absolute Gasteiger partial charge is 0.858 e. The van der Waals surface area contributed by atoms with E-state index in [1.54, 1.807) is 56.3 Å². The average molecular weight is 1450 g/mol. The number of nitrogens with two attached hydrogens (primary N) is 2. The normalized spacial score (nSPS) is 34.6. The summed E-state index contributed by atoms with van der Waals surface area (Å²) in [4.78, 5) is 69.2. The number of guanidine groups is 2. The van der Waals surface area contributed by atoms with E-state index >= 15 is 9.59 Å². The van der Waals surface area contributed by atoms with Gasteiger partial charge in [-0.25, -0.2) is 9.57 Å². The molecule has 6 aliphatic rings. The summed E-state index contributed by atoms with van der Waals surface area (Å²) in [7, 11) is 1.45. The maximum Gasteiger partial charge on any atom is 0.358 e. The third-order valence-electron chi connectivity index (χ3n) is 18.3. The van der Waals surface area contributed by atoms with E-state index in [-0.39, 0.29) is 35.5 Å². The molecule has 6 heterocycles. The SMILES string of the molecule is CCOc1cc(OC[C@@H]2O[C@@H](O[C@H]3[C@@H](O)[C@@H](O)[C@@H](Oc4ccc(C[C@H]5NC(=O)[C@@H]([C@H](C)c6ccccc6)N=C([O-])C[NH+]=C(O)C(CO)NC(=O)[C@@H]([C@H](O)[C@@H]6CNC(N)=[N+]6[C@@H]6O[C@@H](CO)[C@H](O)[C@H](O)[C@@H]6O)NC(=O)[C@H]([C@H](O)[C@@H]6C[NH+]=C(N)N6)NC5=O)cc4)O[C@@H]3CO)[C@@H](O)[C@@H](O)[C@H]2O)ccc1OC. The Hall–Kier alpha value is -8.46. The lowest BCUT2D eigenvalue weighted by Crippen LogP contribution is -2.80. The van der Waals surface area contributed by atoms with Crippen LogP contribution in [0.25, 0.3) is 0 Å². The van der Waals surface area contributed by atoms with Crippen LogP contribution in [-0.4, -0.2) is 330 Å². The Bertz CT molecular complexity index is 3470. The Morgan fingerprint density at radius 2 is 1.29 bits per heavy atom. The average Bonchev–Trinajstić information content (AvgIpc) is 1.66. The van der Waals surface area contributed by atoms with Crippen LogP contribution in [0, 0.1) is 0 Å². The van der Waals surface area contributed by atoms with Gasteiger partial charge in [-0.05, 0) is 42.3 Å². The molecule has 0 bridgehead atoms. The van der Waals surface area contributed by atoms with Crippen molar-refractivity contribution < 1.29 is 148 Å². The molecule has 0 saturated carbocycles. The van der Waals surface area contributed by atoms with Crippen LogP contribution >= 0.6 is 0 Å². The molecule has 3 saturated heterocycles. The van der Waals surface area contributed by atoms with E-state index in [2.05, 4.69) is 46.9 Å². The number of methoxy groups -OCH3 is 1. The number of carbonyl (C=O) groups is 4. The van der Waals surface area contributed by atoms with E-state index in [4.69, 9.17) is 49.4 Å². The third-order valence-corrected chi connectivity index (χ3v) is 18.3. The molecule has 3 aromatic rings. The van der Waals surface area contributed by atoms with Crippen LogP contribution in [0.3, 0.4) is 0 Å². The summed E-state index contributed by atoms with van der Waals surface area (Å²) in [6.45, 7) is -1.19. The second-order valence-electron chi connectivity index (χ2n) is 25.0. The topological polar surface area (TPSA) is 616 Å². The molecule has 0 radical (unpaired) electrons. The highest BCUT2D eigenvalue weighted by atomic mass is 16.7. The summed E-state index contributed by atoms with van der Waals surface area (Å²) in [5.41, 5.74) is 13.0. The standard InChI is InChI=1S/C63H88N12O27/c1-4-96-35-17-29(14-15-34(35)95-3)97-24-38-46(83)48(85)51(88)61(101-38)102-53-37(23-78)100-60(52(89)49(53)86)98-28-12-10-26(11-13-28)16-30-55(91)73-41(43(80)31-18-67-62(64)71-31)58(94)74-42(44(81)33-19-68-63(65)75(33)59-50(87)47(84)45(82)36(22-77)99-59)57(93)70-32(21-76)54(90)66-20-39(79)72-40(56(92)69-30)25(2)27-8-6-5-7-9-27/h5-15,17,25,30-33,36-38,40-53,59-61,76-78,80-89H,4,16,18-24H2,1-3H3,(H11,64,65,66,67,68,69,70,71,72,73,74,79,90,91,92,93,94)/p+2/t25-,30-,31+,32?,33+,36+,37-,38+,40-,41+,42-,43-,44-,45+,46+,47+,48+,49+,50+,51+,52-,53-,59-,60+,61+/m1/s1. The molecular weight excluding hydrogens is 1360 g/mol. The zero-order chi connectivity index (χ0) is 74.0. The smallest absolute Gasteiger partial charge is 0.358 e. The third kappa shape index (κ3) is 17.8. The van der Waals surface area contributed by atoms with Gasteiger partial charge in [0.2, 0.25) is 36.1 Å². The molecule has 0 spiro atoms. The Morgan fingerprint density at radius 3 is 1.95 bits per heavy atom. The van der Waals surface area contributed by atoms with Gasteiger partial charge in [-0.1, -0.05) is 49.4 Å². The van der Waals surface area contributed by atoms with Crippen molar-refractivity contribution in [3.05, 3.63) is 83.9 Å². The van der Waals surface area contributed by atoms with Crippen molar-refractivity contribution in [1.29, 1.82) is 0 Å². The van der Waals surface area contributed by atoms with Crippen LogP contribution in [0.2, 0.25) is 0 Å². The first-order chi connectivity index (χ1) is 48.7. The van der Waals surface area contributed by atoms with Gasteiger partial charge < -0.3 is 136 Å². The Kier molecular flexibility index (Phi) is 26.4. The van der Waals surface area contributed by atoms with E-state index in [1.807, 2.05) is 0 Å². The van der Waals surface area contributed by atoms with Gasteiger partial charge in [0.1, 0.15) is 146 Å². The fourth-order valence-corrected chi connectivity index (χ4v) is 12.5. The molecule has 1 unspecified atom stereocenters. The predicted molar refractivity (Wildman–Crippen MR) is 343 cm³/mol. The minimum atomic E-state index is -2.31. The van der Waals surface area contributed by atoms with E-state index in [1.165, 1.54) is 37.4 Å². The first kappa shape index (κ1) is 77.7. The molecule has 3 aromatic carbocycles. The van der Waals surface area contributed by atoms with Crippen molar-refractivity contribution in [3.63, 3.8) is 0 Å². The number of aliphatic hydroxyl groups is 14. The highest BCUT2D eigenvalue weighted by Gasteiger charge is 2.55. The number of hydrogen-bond donors (Lipinski definition) is 24. The Labute approximate surface area is 581 Å². The first-order valence-corrected chi connectivity index (χ1v) is 32.7. The number of ether oxygens (including phenoxy) is 8. The van der Waals surface area contributed by atoms with Gasteiger partial charge in [0, 0.05) is 24.3 Å². The van der Waals surface area contributed by atoms with Gasteiger partial charge in [0.15, 0.2) is 30.4 Å². The number of rotatable bonds is 22. The molecule has 102 heavy (non-hydrogen) atoms. The number of aliphatic imine (C=N–C) groups is 1. The molecule has 3 fully saturated rings. The second kappa shape index (κ2) is 34.7. The molecule has 0 aliphatic carbocycles. The van der Waals surface area contributed by atoms with Crippen molar-refractivity contribution >= 4 is 47.3 Å². The second-order valence-corrected chi connectivity index (χ2v) is 25.0. The monoisotopic (exact) mass is 1450 g/mol.